The standard InChI is InChI=1S/C3H11NO4P/c1-7-9(5,6)8-3-2-4/h5-6H,2-4H2,1H3/q+1/p+1. The normalized spacial score (nSPS) is 12.0. The van der Waals surface area contributed by atoms with E-state index in [1.807, 2.05) is 0 Å². The minimum Gasteiger partial charge on any atom is -0.356 e. The molecule has 0 aromatic carbocycles. The fourth-order valence-corrected chi connectivity index (χ4v) is 0.709. The van der Waals surface area contributed by atoms with Gasteiger partial charge in [-0.05, 0) is 0 Å². The van der Waals surface area contributed by atoms with Gasteiger partial charge >= 0.3 is 8.17 Å². The van der Waals surface area contributed by atoms with Gasteiger partial charge in [0.15, 0.2) is 0 Å². The summed E-state index contributed by atoms with van der Waals surface area (Å²) in [5.41, 5.74) is 3.44. The fraction of sp³-hybridized carbons (Fsp3) is 1.00. The van der Waals surface area contributed by atoms with Crippen molar-refractivity contribution in [3.63, 3.8) is 0 Å². The Morgan fingerprint density at radius 2 is 2.11 bits per heavy atom. The molecule has 0 unspecified atom stereocenters. The molecule has 9 heavy (non-hydrogen) atoms. The zero-order valence-electron chi connectivity index (χ0n) is 5.28. The topological polar surface area (TPSA) is 86.6 Å². The van der Waals surface area contributed by atoms with Crippen molar-refractivity contribution in [1.82, 2.24) is 0 Å². The molecule has 0 saturated heterocycles. The fourth-order valence-electron chi connectivity index (χ4n) is 0.236. The Balaban J connectivity index is 3.33. The van der Waals surface area contributed by atoms with E-state index in [0.717, 1.165) is 0 Å². The predicted octanol–water partition coefficient (Wildman–Crippen LogP) is -1.45. The summed E-state index contributed by atoms with van der Waals surface area (Å²) < 4.78 is 8.68. The van der Waals surface area contributed by atoms with Crippen LogP contribution < -0.4 is 5.73 Å². The van der Waals surface area contributed by atoms with Gasteiger partial charge in [0.05, 0.1) is 7.11 Å². The second-order valence-corrected chi connectivity index (χ2v) is 2.96. The van der Waals surface area contributed by atoms with Gasteiger partial charge in [0, 0.05) is 0 Å². The van der Waals surface area contributed by atoms with Crippen LogP contribution in [0.25, 0.3) is 0 Å². The molecule has 0 aromatic rings. The zero-order chi connectivity index (χ0) is 7.33. The molecule has 0 saturated carbocycles. The van der Waals surface area contributed by atoms with Crippen molar-refractivity contribution in [3.05, 3.63) is 0 Å². The number of hydrogen-bond acceptors (Lipinski definition) is 4. The minimum absolute atomic E-state index is 0.203. The molecule has 0 aliphatic rings. The Morgan fingerprint density at radius 1 is 1.56 bits per heavy atom. The second-order valence-electron chi connectivity index (χ2n) is 1.36. The molecule has 0 atom stereocenters. The Kier molecular flexibility index (Phi) is 4.22. The molecule has 0 amide bonds. The van der Waals surface area contributed by atoms with E-state index < -0.39 is 8.17 Å². The van der Waals surface area contributed by atoms with E-state index in [2.05, 4.69) is 14.8 Å². The van der Waals surface area contributed by atoms with Crippen LogP contribution in [0.4, 0.5) is 0 Å². The first-order chi connectivity index (χ1) is 4.12. The van der Waals surface area contributed by atoms with Crippen LogP contribution in [0.15, 0.2) is 0 Å². The minimum atomic E-state index is -3.48. The van der Waals surface area contributed by atoms with Gasteiger partial charge < -0.3 is 5.73 Å². The lowest BCUT2D eigenvalue weighted by Crippen LogP contribution is -2.52. The van der Waals surface area contributed by atoms with Crippen molar-refractivity contribution < 1.29 is 24.6 Å². The van der Waals surface area contributed by atoms with Crippen molar-refractivity contribution in [1.29, 1.82) is 0 Å². The molecular formula is C3H12NO4P+2. The zero-order valence-corrected chi connectivity index (χ0v) is 6.17. The average Bonchev–Trinajstić information content (AvgIpc) is 1.84. The van der Waals surface area contributed by atoms with Gasteiger partial charge in [0.1, 0.15) is 13.2 Å². The maximum absolute atomic E-state index is 8.65. The van der Waals surface area contributed by atoms with E-state index in [-0.39, 0.29) is 6.61 Å². The predicted molar refractivity (Wildman–Crippen MR) is 32.1 cm³/mol. The Bertz CT molecular complexity index is 78.2. The molecule has 0 rings (SSSR count). The molecule has 0 aromatic heterocycles. The maximum Gasteiger partial charge on any atom is 0.569 e. The molecule has 0 aliphatic heterocycles. The largest absolute Gasteiger partial charge is 0.569 e. The highest BCUT2D eigenvalue weighted by molar-refractivity contribution is 7.54. The van der Waals surface area contributed by atoms with Crippen molar-refractivity contribution >= 4 is 8.17 Å². The van der Waals surface area contributed by atoms with Crippen LogP contribution in [0.1, 0.15) is 0 Å². The van der Waals surface area contributed by atoms with E-state index in [0.29, 0.717) is 6.54 Å². The van der Waals surface area contributed by atoms with Gasteiger partial charge in [-0.25, -0.2) is 0 Å². The van der Waals surface area contributed by atoms with E-state index in [1.165, 1.54) is 7.11 Å². The smallest absolute Gasteiger partial charge is 0.356 e. The molecule has 0 bridgehead atoms. The first-order valence-electron chi connectivity index (χ1n) is 2.46. The lowest BCUT2D eigenvalue weighted by atomic mass is 10.8. The van der Waals surface area contributed by atoms with Crippen LogP contribution >= 0.6 is 8.17 Å². The molecule has 0 heterocycles. The van der Waals surface area contributed by atoms with Crippen molar-refractivity contribution in [2.24, 2.45) is 0 Å². The quantitative estimate of drug-likeness (QED) is 0.436. The molecule has 6 heteroatoms. The third kappa shape index (κ3) is 4.72. The van der Waals surface area contributed by atoms with Gasteiger partial charge in [-0.3, -0.25) is 0 Å². The van der Waals surface area contributed by atoms with Crippen molar-refractivity contribution in [2.75, 3.05) is 20.3 Å². The summed E-state index contributed by atoms with van der Waals surface area (Å²) in [6, 6.07) is 0. The van der Waals surface area contributed by atoms with Crippen molar-refractivity contribution in [2.45, 2.75) is 0 Å². The van der Waals surface area contributed by atoms with Crippen LogP contribution in [0.5, 0.6) is 0 Å². The van der Waals surface area contributed by atoms with Crippen LogP contribution in [0, 0.1) is 0 Å². The average molecular weight is 157 g/mol. The van der Waals surface area contributed by atoms with Gasteiger partial charge in [-0.1, -0.05) is 0 Å². The first-order valence-corrected chi connectivity index (χ1v) is 3.99. The summed E-state index contributed by atoms with van der Waals surface area (Å²) in [4.78, 5) is 17.3. The molecule has 0 spiro atoms. The second kappa shape index (κ2) is 4.11. The van der Waals surface area contributed by atoms with E-state index in [9.17, 15) is 0 Å². The highest BCUT2D eigenvalue weighted by Gasteiger charge is 2.37. The van der Waals surface area contributed by atoms with Crippen molar-refractivity contribution in [3.8, 4) is 0 Å². The molecule has 0 aliphatic carbocycles. The van der Waals surface area contributed by atoms with Crippen LogP contribution in [-0.4, -0.2) is 30.0 Å². The lowest BCUT2D eigenvalue weighted by Gasteiger charge is -2.03. The number of hydrogen-bond donors (Lipinski definition) is 3. The molecule has 5 nitrogen and oxygen atoms in total. The highest BCUT2D eigenvalue weighted by Crippen LogP contribution is 2.50. The number of quaternary nitrogens is 1. The van der Waals surface area contributed by atoms with Crippen LogP contribution in [-0.2, 0) is 9.05 Å². The Morgan fingerprint density at radius 3 is 2.44 bits per heavy atom. The van der Waals surface area contributed by atoms with Gasteiger partial charge in [-0.2, -0.15) is 14.3 Å². The van der Waals surface area contributed by atoms with Gasteiger partial charge in [0.2, 0.25) is 0 Å². The molecule has 0 radical (unpaired) electrons. The molecular weight excluding hydrogens is 145 g/mol. The summed E-state index contributed by atoms with van der Waals surface area (Å²) >= 11 is 0. The van der Waals surface area contributed by atoms with Crippen LogP contribution in [0.3, 0.4) is 0 Å². The van der Waals surface area contributed by atoms with Gasteiger partial charge in [-0.15, -0.1) is 4.52 Å². The Hall–Kier alpha value is 0.230. The first kappa shape index (κ1) is 9.23. The van der Waals surface area contributed by atoms with Crippen LogP contribution in [0.2, 0.25) is 0 Å². The monoisotopic (exact) mass is 157 g/mol. The summed E-state index contributed by atoms with van der Waals surface area (Å²) in [5, 5.41) is 0. The summed E-state index contributed by atoms with van der Waals surface area (Å²) in [7, 11) is -2.30. The highest BCUT2D eigenvalue weighted by atomic mass is 31.2. The molecule has 0 fully saturated rings. The molecule has 5 N–H and O–H groups in total. The third-order valence-corrected chi connectivity index (χ3v) is 1.64. The summed E-state index contributed by atoms with van der Waals surface area (Å²) in [5.74, 6) is 0. The summed E-state index contributed by atoms with van der Waals surface area (Å²) in [6.07, 6.45) is 0. The van der Waals surface area contributed by atoms with E-state index >= 15 is 0 Å². The molecule has 56 valence electrons. The van der Waals surface area contributed by atoms with Gasteiger partial charge in [0.25, 0.3) is 0 Å². The third-order valence-electron chi connectivity index (χ3n) is 0.642. The van der Waals surface area contributed by atoms with E-state index in [1.54, 1.807) is 0 Å². The summed E-state index contributed by atoms with van der Waals surface area (Å²) in [6.45, 7) is 0.695. The number of rotatable bonds is 4. The lowest BCUT2D eigenvalue weighted by molar-refractivity contribution is -0.371. The SMILES string of the molecule is CO[P+](O)(O)OCC[NH3+]. The maximum atomic E-state index is 8.65. The van der Waals surface area contributed by atoms with E-state index in [4.69, 9.17) is 9.79 Å². The Labute approximate surface area is 54.1 Å².